The second-order valence-corrected chi connectivity index (χ2v) is 12.0. The Kier molecular flexibility index (Phi) is 10.3. The lowest BCUT2D eigenvalue weighted by molar-refractivity contribution is -0.165. The Bertz CT molecular complexity index is 1660. The zero-order chi connectivity index (χ0) is 34.6. The molecule has 0 spiro atoms. The van der Waals surface area contributed by atoms with Gasteiger partial charge in [-0.15, -0.1) is 0 Å². The van der Waals surface area contributed by atoms with Crippen molar-refractivity contribution >= 4 is 23.6 Å². The molecule has 5 unspecified atom stereocenters. The Labute approximate surface area is 280 Å². The summed E-state index contributed by atoms with van der Waals surface area (Å²) in [6.45, 7) is 4.05. The van der Waals surface area contributed by atoms with Crippen molar-refractivity contribution in [3.05, 3.63) is 83.4 Å². The van der Waals surface area contributed by atoms with Gasteiger partial charge in [-0.25, -0.2) is 4.79 Å². The molecule has 0 bridgehead atoms. The smallest absolute Gasteiger partial charge is 0.355 e. The molecule has 11 nitrogen and oxygen atoms in total. The molecule has 2 amide bonds. The molecule has 5 rings (SSSR count). The molecular weight excluding hydrogens is 616 g/mol. The molecule has 1 saturated heterocycles. The predicted molar refractivity (Wildman–Crippen MR) is 176 cm³/mol. The number of benzene rings is 3. The van der Waals surface area contributed by atoms with Gasteiger partial charge in [0.05, 0.1) is 34.4 Å². The van der Waals surface area contributed by atoms with Crippen LogP contribution in [0.4, 0.5) is 0 Å². The van der Waals surface area contributed by atoms with Gasteiger partial charge in [0.25, 0.3) is 0 Å². The molecule has 3 aromatic carbocycles. The Balaban J connectivity index is 1.82. The molecule has 2 aliphatic heterocycles. The van der Waals surface area contributed by atoms with Gasteiger partial charge < -0.3 is 33.9 Å². The van der Waals surface area contributed by atoms with Crippen molar-refractivity contribution in [1.29, 1.82) is 0 Å². The Morgan fingerprint density at radius 2 is 1.65 bits per heavy atom. The number of nitrogens with zero attached hydrogens (tertiary/aromatic N) is 1. The van der Waals surface area contributed by atoms with E-state index in [0.29, 0.717) is 48.4 Å². The van der Waals surface area contributed by atoms with E-state index in [1.54, 1.807) is 54.6 Å². The van der Waals surface area contributed by atoms with Gasteiger partial charge in [0, 0.05) is 30.2 Å². The molecule has 3 aromatic rings. The molecule has 0 radical (unpaired) electrons. The van der Waals surface area contributed by atoms with Gasteiger partial charge in [-0.1, -0.05) is 56.3 Å². The number of fused-ring (bicyclic) bond motifs is 1. The van der Waals surface area contributed by atoms with Gasteiger partial charge >= 0.3 is 5.97 Å². The first-order valence-corrected chi connectivity index (χ1v) is 16.0. The maximum absolute atomic E-state index is 15.1. The summed E-state index contributed by atoms with van der Waals surface area (Å²) in [6.07, 6.45) is 1.12. The molecule has 2 aliphatic rings. The zero-order valence-corrected chi connectivity index (χ0v) is 28.1. The largest absolute Gasteiger partial charge is 0.497 e. The molecular formula is C37H42N2O9. The topological polar surface area (TPSA) is 130 Å². The molecule has 0 aliphatic carbocycles. The monoisotopic (exact) mass is 658 g/mol. The third-order valence-electron chi connectivity index (χ3n) is 9.40. The van der Waals surface area contributed by atoms with Crippen LogP contribution in [-0.2, 0) is 24.7 Å². The van der Waals surface area contributed by atoms with Crippen LogP contribution in [0.2, 0.25) is 0 Å². The number of esters is 1. The van der Waals surface area contributed by atoms with Gasteiger partial charge in [0.15, 0.2) is 5.78 Å². The number of ether oxygens (including phenoxy) is 5. The molecule has 254 valence electrons. The molecule has 5 atom stereocenters. The first-order chi connectivity index (χ1) is 23.1. The number of rotatable bonds is 10. The van der Waals surface area contributed by atoms with E-state index in [2.05, 4.69) is 5.32 Å². The first kappa shape index (κ1) is 34.3. The minimum Gasteiger partial charge on any atom is -0.497 e. The van der Waals surface area contributed by atoms with E-state index >= 15 is 9.59 Å². The normalized spacial score (nSPS) is 22.4. The highest BCUT2D eigenvalue weighted by atomic mass is 16.6. The number of hydrogen-bond acceptors (Lipinski definition) is 9. The molecule has 1 fully saturated rings. The lowest BCUT2D eigenvalue weighted by Gasteiger charge is -2.41. The molecule has 1 N–H and O–H groups in total. The first-order valence-electron chi connectivity index (χ1n) is 16.0. The summed E-state index contributed by atoms with van der Waals surface area (Å²) in [5.74, 6) is -4.28. The van der Waals surface area contributed by atoms with Crippen LogP contribution in [0.1, 0.15) is 60.5 Å². The van der Waals surface area contributed by atoms with Crippen molar-refractivity contribution in [3.63, 3.8) is 0 Å². The lowest BCUT2D eigenvalue weighted by atomic mass is 9.68. The van der Waals surface area contributed by atoms with Crippen LogP contribution in [0.15, 0.2) is 66.7 Å². The van der Waals surface area contributed by atoms with Gasteiger partial charge in [-0.3, -0.25) is 14.4 Å². The Morgan fingerprint density at radius 1 is 0.958 bits per heavy atom. The summed E-state index contributed by atoms with van der Waals surface area (Å²) in [6, 6.07) is 18.5. The van der Waals surface area contributed by atoms with E-state index < -0.39 is 41.3 Å². The minimum atomic E-state index is -2.07. The average molecular weight is 659 g/mol. The fourth-order valence-electron chi connectivity index (χ4n) is 6.66. The summed E-state index contributed by atoms with van der Waals surface area (Å²) in [5, 5.41) is 3.02. The fraction of sp³-hybridized carbons (Fsp3) is 0.405. The third-order valence-corrected chi connectivity index (χ3v) is 9.40. The summed E-state index contributed by atoms with van der Waals surface area (Å²) < 4.78 is 28.9. The third kappa shape index (κ3) is 6.05. The van der Waals surface area contributed by atoms with Crippen LogP contribution in [0, 0.1) is 11.8 Å². The number of hydrogen-bond donors (Lipinski definition) is 1. The predicted octanol–water partition coefficient (Wildman–Crippen LogP) is 4.87. The number of methoxy groups -OCH3 is 4. The zero-order valence-electron chi connectivity index (χ0n) is 28.1. The van der Waals surface area contributed by atoms with E-state index in [9.17, 15) is 9.59 Å². The Hall–Kier alpha value is -5.06. The fourth-order valence-corrected chi connectivity index (χ4v) is 6.66. The number of Topliss-reactive ketones (excluding diaryl/α,β-unsaturated/α-hetero) is 1. The highest BCUT2D eigenvalue weighted by molar-refractivity contribution is 6.15. The lowest BCUT2D eigenvalue weighted by Crippen LogP contribution is -2.56. The number of carbonyl (C=O) groups excluding carboxylic acids is 4. The van der Waals surface area contributed by atoms with Crippen LogP contribution in [0.3, 0.4) is 0 Å². The van der Waals surface area contributed by atoms with Crippen LogP contribution >= 0.6 is 0 Å². The molecule has 0 saturated carbocycles. The number of amides is 2. The van der Waals surface area contributed by atoms with Crippen LogP contribution in [-0.4, -0.2) is 69.6 Å². The molecule has 11 heteroatoms. The van der Waals surface area contributed by atoms with E-state index in [-0.39, 0.29) is 28.9 Å². The van der Waals surface area contributed by atoms with Crippen molar-refractivity contribution in [2.24, 2.45) is 11.8 Å². The van der Waals surface area contributed by atoms with Crippen LogP contribution < -0.4 is 24.3 Å². The van der Waals surface area contributed by atoms with Crippen molar-refractivity contribution in [2.45, 2.75) is 50.8 Å². The SMILES string of the molecule is CCC(C)C(=O)NC1CCCN1C(=O)C1C(=O)c2c(OC)cc(OC)cc2OC(C(=O)OC)(c2ccc(OC)cc2)C1c1ccccc1. The van der Waals surface area contributed by atoms with Gasteiger partial charge in [0.1, 0.15) is 40.6 Å². The quantitative estimate of drug-likeness (QED) is 0.240. The summed E-state index contributed by atoms with van der Waals surface area (Å²) in [5.41, 5.74) is -1.28. The highest BCUT2D eigenvalue weighted by Gasteiger charge is 2.61. The van der Waals surface area contributed by atoms with Gasteiger partial charge in [0.2, 0.25) is 17.4 Å². The summed E-state index contributed by atoms with van der Waals surface area (Å²) in [4.78, 5) is 59.2. The maximum atomic E-state index is 15.1. The van der Waals surface area contributed by atoms with Crippen molar-refractivity contribution in [3.8, 4) is 23.0 Å². The second kappa shape index (κ2) is 14.4. The minimum absolute atomic E-state index is 0.0169. The highest BCUT2D eigenvalue weighted by Crippen LogP contribution is 2.53. The average Bonchev–Trinajstić information content (AvgIpc) is 3.55. The van der Waals surface area contributed by atoms with Gasteiger partial charge in [-0.05, 0) is 37.0 Å². The summed E-state index contributed by atoms with van der Waals surface area (Å²) >= 11 is 0. The number of nitrogens with one attached hydrogen (secondary N) is 1. The molecule has 2 heterocycles. The van der Waals surface area contributed by atoms with E-state index in [0.717, 1.165) is 0 Å². The molecule has 48 heavy (non-hydrogen) atoms. The van der Waals surface area contributed by atoms with Crippen molar-refractivity contribution < 1.29 is 42.9 Å². The van der Waals surface area contributed by atoms with Crippen LogP contribution in [0.25, 0.3) is 0 Å². The van der Waals surface area contributed by atoms with Crippen LogP contribution in [0.5, 0.6) is 23.0 Å². The standard InChI is InChI=1S/C37H42N2O9/c1-7-22(2)34(41)38-29-14-11-19-39(29)35(42)31-32(23-12-9-8-10-13-23)37(36(43)47-6,24-15-17-25(44-3)18-16-24)48-28-21-26(45-4)20-27(46-5)30(28)33(31)40/h8-10,12-13,15-18,20-22,29,31-32H,7,11,14,19H2,1-6H3,(H,38,41). The number of carbonyl (C=O) groups is 4. The number of ketones is 1. The van der Waals surface area contributed by atoms with Gasteiger partial charge in [-0.2, -0.15) is 0 Å². The van der Waals surface area contributed by atoms with Crippen molar-refractivity contribution in [1.82, 2.24) is 10.2 Å². The second-order valence-electron chi connectivity index (χ2n) is 12.0. The van der Waals surface area contributed by atoms with E-state index in [1.807, 2.05) is 13.8 Å². The van der Waals surface area contributed by atoms with E-state index in [1.165, 1.54) is 45.5 Å². The maximum Gasteiger partial charge on any atom is 0.355 e. The molecule has 0 aromatic heterocycles. The van der Waals surface area contributed by atoms with E-state index in [4.69, 9.17) is 23.7 Å². The Morgan fingerprint density at radius 3 is 2.25 bits per heavy atom. The summed E-state index contributed by atoms with van der Waals surface area (Å²) in [7, 11) is 5.61. The number of likely N-dealkylation sites (tertiary alicyclic amines) is 1. The van der Waals surface area contributed by atoms with Crippen molar-refractivity contribution in [2.75, 3.05) is 35.0 Å².